The number of halogens is 1. The first-order valence-electron chi connectivity index (χ1n) is 5.50. The van der Waals surface area contributed by atoms with Crippen LogP contribution in [0.15, 0.2) is 10.6 Å². The third kappa shape index (κ3) is 2.20. The van der Waals surface area contributed by atoms with Crippen LogP contribution >= 0.6 is 11.6 Å². The maximum atomic E-state index is 11.8. The number of esters is 1. The fraction of sp³-hybridized carbons (Fsp3) is 0.750. The molecule has 1 heterocycles. The minimum atomic E-state index is -0.305. The molecule has 0 aromatic heterocycles. The third-order valence-corrected chi connectivity index (χ3v) is 3.99. The van der Waals surface area contributed by atoms with Crippen LogP contribution < -0.4 is 0 Å². The van der Waals surface area contributed by atoms with Crippen LogP contribution in [0.3, 0.4) is 0 Å². The maximum absolute atomic E-state index is 11.8. The average Bonchev–Trinajstić information content (AvgIpc) is 2.55. The monoisotopic (exact) mass is 230 g/mol. The molecule has 1 atom stereocenters. The van der Waals surface area contributed by atoms with E-state index in [0.717, 1.165) is 24.8 Å². The van der Waals surface area contributed by atoms with Crippen molar-refractivity contribution in [2.75, 3.05) is 0 Å². The summed E-state index contributed by atoms with van der Waals surface area (Å²) in [6.45, 7) is 7.94. The highest BCUT2D eigenvalue weighted by molar-refractivity contribution is 6.30. The number of hydrogen-bond acceptors (Lipinski definition) is 2. The number of hydrogen-bond donors (Lipinski definition) is 0. The second kappa shape index (κ2) is 4.56. The predicted molar refractivity (Wildman–Crippen MR) is 61.7 cm³/mol. The molecule has 0 amide bonds. The summed E-state index contributed by atoms with van der Waals surface area (Å²) in [4.78, 5) is 11.8. The highest BCUT2D eigenvalue weighted by atomic mass is 35.5. The number of ether oxygens (including phenoxy) is 1. The Morgan fingerprint density at radius 1 is 1.47 bits per heavy atom. The summed E-state index contributed by atoms with van der Waals surface area (Å²) in [5.74, 6) is -0.0862. The second-order valence-corrected chi connectivity index (χ2v) is 4.84. The van der Waals surface area contributed by atoms with Crippen LogP contribution in [0.1, 0.15) is 47.0 Å². The summed E-state index contributed by atoms with van der Waals surface area (Å²) in [6.07, 6.45) is 2.16. The molecule has 3 heteroatoms. The van der Waals surface area contributed by atoms with Gasteiger partial charge in [0.2, 0.25) is 0 Å². The topological polar surface area (TPSA) is 26.3 Å². The lowest BCUT2D eigenvalue weighted by molar-refractivity contribution is -0.148. The first-order valence-corrected chi connectivity index (χ1v) is 5.88. The van der Waals surface area contributed by atoms with E-state index in [2.05, 4.69) is 0 Å². The number of rotatable bonds is 3. The van der Waals surface area contributed by atoms with Gasteiger partial charge in [0, 0.05) is 6.42 Å². The van der Waals surface area contributed by atoms with Gasteiger partial charge in [-0.15, -0.1) is 0 Å². The van der Waals surface area contributed by atoms with Gasteiger partial charge in [0.05, 0.1) is 10.4 Å². The van der Waals surface area contributed by atoms with Gasteiger partial charge in [-0.2, -0.15) is 0 Å². The molecule has 1 aliphatic rings. The summed E-state index contributed by atoms with van der Waals surface area (Å²) >= 11 is 6.13. The Kier molecular flexibility index (Phi) is 3.82. The van der Waals surface area contributed by atoms with Crippen molar-refractivity contribution in [3.05, 3.63) is 10.6 Å². The second-order valence-electron chi connectivity index (χ2n) is 4.43. The molecule has 0 spiro atoms. The first kappa shape index (κ1) is 12.6. The molecule has 1 aliphatic heterocycles. The van der Waals surface area contributed by atoms with Gasteiger partial charge in [0.1, 0.15) is 6.10 Å². The molecule has 0 radical (unpaired) electrons. The molecular weight excluding hydrogens is 212 g/mol. The normalized spacial score (nSPS) is 23.8. The SMILES string of the molecule is CCC1(CC)CC(C(Cl)=C(C)C)OC1=O. The van der Waals surface area contributed by atoms with Crippen molar-refractivity contribution in [3.63, 3.8) is 0 Å². The molecule has 0 saturated carbocycles. The minimum Gasteiger partial charge on any atom is -0.456 e. The zero-order chi connectivity index (χ0) is 11.6. The van der Waals surface area contributed by atoms with Gasteiger partial charge >= 0.3 is 5.97 Å². The number of carbonyl (C=O) groups is 1. The lowest BCUT2D eigenvalue weighted by Gasteiger charge is -2.20. The van der Waals surface area contributed by atoms with Crippen molar-refractivity contribution in [3.8, 4) is 0 Å². The van der Waals surface area contributed by atoms with Gasteiger partial charge in [0.15, 0.2) is 0 Å². The van der Waals surface area contributed by atoms with Gasteiger partial charge in [-0.3, -0.25) is 4.79 Å². The van der Waals surface area contributed by atoms with Crippen molar-refractivity contribution in [2.45, 2.75) is 53.1 Å². The molecule has 0 aromatic rings. The quantitative estimate of drug-likeness (QED) is 0.692. The van der Waals surface area contributed by atoms with Crippen molar-refractivity contribution in [1.29, 1.82) is 0 Å². The summed E-state index contributed by atoms with van der Waals surface area (Å²) in [6, 6.07) is 0. The molecule has 0 aromatic carbocycles. The summed E-state index contributed by atoms with van der Waals surface area (Å²) in [7, 11) is 0. The van der Waals surface area contributed by atoms with Crippen LogP contribution in [0.5, 0.6) is 0 Å². The highest BCUT2D eigenvalue weighted by Crippen LogP contribution is 2.43. The van der Waals surface area contributed by atoms with E-state index in [9.17, 15) is 4.79 Å². The number of cyclic esters (lactones) is 1. The Bertz CT molecular complexity index is 286. The van der Waals surface area contributed by atoms with Crippen LogP contribution in [0.25, 0.3) is 0 Å². The molecule has 0 bridgehead atoms. The Morgan fingerprint density at radius 2 is 2.00 bits per heavy atom. The predicted octanol–water partition coefficient (Wildman–Crippen LogP) is 3.64. The van der Waals surface area contributed by atoms with Crippen molar-refractivity contribution in [1.82, 2.24) is 0 Å². The number of carbonyl (C=O) groups excluding carboxylic acids is 1. The standard InChI is InChI=1S/C12H19ClO2/c1-5-12(6-2)7-9(15-11(12)14)10(13)8(3)4/h9H,5-7H2,1-4H3. The lowest BCUT2D eigenvalue weighted by Crippen LogP contribution is -2.24. The third-order valence-electron chi connectivity index (χ3n) is 3.37. The minimum absolute atomic E-state index is 0.0862. The lowest BCUT2D eigenvalue weighted by atomic mass is 9.79. The summed E-state index contributed by atoms with van der Waals surface area (Å²) in [5.41, 5.74) is 0.720. The average molecular weight is 231 g/mol. The van der Waals surface area contributed by atoms with E-state index in [4.69, 9.17) is 16.3 Å². The summed E-state index contributed by atoms with van der Waals surface area (Å²) in [5, 5.41) is 0.687. The van der Waals surface area contributed by atoms with Crippen LogP contribution in [0.4, 0.5) is 0 Å². The zero-order valence-electron chi connectivity index (χ0n) is 9.89. The van der Waals surface area contributed by atoms with Crippen LogP contribution in [-0.4, -0.2) is 12.1 Å². The molecule has 15 heavy (non-hydrogen) atoms. The van der Waals surface area contributed by atoms with E-state index in [1.54, 1.807) is 0 Å². The Balaban J connectivity index is 2.89. The number of allylic oxidation sites excluding steroid dienone is 1. The van der Waals surface area contributed by atoms with Gasteiger partial charge in [-0.25, -0.2) is 0 Å². The van der Waals surface area contributed by atoms with E-state index < -0.39 is 0 Å². The van der Waals surface area contributed by atoms with E-state index in [1.807, 2.05) is 27.7 Å². The molecule has 1 fully saturated rings. The van der Waals surface area contributed by atoms with Gasteiger partial charge in [-0.05, 0) is 26.7 Å². The van der Waals surface area contributed by atoms with Gasteiger partial charge < -0.3 is 4.74 Å². The maximum Gasteiger partial charge on any atom is 0.312 e. The van der Waals surface area contributed by atoms with E-state index in [1.165, 1.54) is 0 Å². The fourth-order valence-corrected chi connectivity index (χ4v) is 2.15. The van der Waals surface area contributed by atoms with E-state index in [-0.39, 0.29) is 17.5 Å². The van der Waals surface area contributed by atoms with Gasteiger partial charge in [0.25, 0.3) is 0 Å². The zero-order valence-corrected chi connectivity index (χ0v) is 10.6. The van der Waals surface area contributed by atoms with Crippen LogP contribution in [0.2, 0.25) is 0 Å². The van der Waals surface area contributed by atoms with Crippen molar-refractivity contribution in [2.24, 2.45) is 5.41 Å². The summed E-state index contributed by atoms with van der Waals surface area (Å²) < 4.78 is 5.35. The Morgan fingerprint density at radius 3 is 2.33 bits per heavy atom. The fourth-order valence-electron chi connectivity index (χ4n) is 2.02. The van der Waals surface area contributed by atoms with E-state index >= 15 is 0 Å². The molecule has 86 valence electrons. The van der Waals surface area contributed by atoms with Crippen LogP contribution in [-0.2, 0) is 9.53 Å². The largest absolute Gasteiger partial charge is 0.456 e. The molecular formula is C12H19ClO2. The molecule has 2 nitrogen and oxygen atoms in total. The smallest absolute Gasteiger partial charge is 0.312 e. The van der Waals surface area contributed by atoms with Crippen LogP contribution in [0, 0.1) is 5.41 Å². The Hall–Kier alpha value is -0.500. The first-order chi connectivity index (χ1) is 6.96. The van der Waals surface area contributed by atoms with E-state index in [0.29, 0.717) is 5.03 Å². The highest BCUT2D eigenvalue weighted by Gasteiger charge is 2.47. The van der Waals surface area contributed by atoms with Crippen molar-refractivity contribution >= 4 is 17.6 Å². The molecule has 1 unspecified atom stereocenters. The molecule has 1 saturated heterocycles. The molecule has 0 aliphatic carbocycles. The van der Waals surface area contributed by atoms with Gasteiger partial charge in [-0.1, -0.05) is 31.0 Å². The molecule has 0 N–H and O–H groups in total. The Labute approximate surface area is 96.6 Å². The van der Waals surface area contributed by atoms with Crippen molar-refractivity contribution < 1.29 is 9.53 Å². The molecule has 1 rings (SSSR count).